The molecule has 27 heavy (non-hydrogen) atoms. The van der Waals surface area contributed by atoms with Crippen molar-refractivity contribution in [2.24, 2.45) is 0 Å². The molecular formula is C21H25N3O3. The van der Waals surface area contributed by atoms with Crippen molar-refractivity contribution in [2.45, 2.75) is 32.3 Å². The molecule has 1 aromatic carbocycles. The second-order valence-corrected chi connectivity index (χ2v) is 6.75. The fraction of sp³-hybridized carbons (Fsp3) is 0.381. The predicted octanol–water partition coefficient (Wildman–Crippen LogP) is 2.58. The van der Waals surface area contributed by atoms with E-state index in [4.69, 9.17) is 4.74 Å². The van der Waals surface area contributed by atoms with E-state index in [-0.39, 0.29) is 17.9 Å². The summed E-state index contributed by atoms with van der Waals surface area (Å²) in [6.07, 6.45) is 5.47. The van der Waals surface area contributed by atoms with Crippen LogP contribution >= 0.6 is 0 Å². The molecule has 1 N–H and O–H groups in total. The van der Waals surface area contributed by atoms with Crippen molar-refractivity contribution in [3.05, 3.63) is 59.9 Å². The Morgan fingerprint density at radius 3 is 2.44 bits per heavy atom. The first-order chi connectivity index (χ1) is 13.1. The van der Waals surface area contributed by atoms with Gasteiger partial charge in [0.2, 0.25) is 5.91 Å². The normalized spacial score (nSPS) is 14.6. The number of nitrogens with one attached hydrogen (secondary N) is 1. The van der Waals surface area contributed by atoms with E-state index in [0.29, 0.717) is 31.6 Å². The van der Waals surface area contributed by atoms with Gasteiger partial charge >= 0.3 is 0 Å². The number of carbonyl (C=O) groups excluding carboxylic acids is 2. The van der Waals surface area contributed by atoms with Crippen LogP contribution < -0.4 is 10.1 Å². The summed E-state index contributed by atoms with van der Waals surface area (Å²) in [7, 11) is 0. The maximum atomic E-state index is 12.4. The van der Waals surface area contributed by atoms with Crippen molar-refractivity contribution in [1.29, 1.82) is 0 Å². The van der Waals surface area contributed by atoms with Crippen LogP contribution in [0.1, 0.15) is 35.2 Å². The molecular weight excluding hydrogens is 342 g/mol. The molecule has 2 amide bonds. The molecule has 1 aliphatic heterocycles. The largest absolute Gasteiger partial charge is 0.490 e. The maximum absolute atomic E-state index is 12.4. The SMILES string of the molecule is Cc1ccc(C(=O)NCCC(=O)N2CCC(Oc3ccncc3)CC2)cc1. The van der Waals surface area contributed by atoms with Crippen LogP contribution in [0.25, 0.3) is 0 Å². The maximum Gasteiger partial charge on any atom is 0.251 e. The Hall–Kier alpha value is -2.89. The fourth-order valence-corrected chi connectivity index (χ4v) is 3.08. The Labute approximate surface area is 159 Å². The van der Waals surface area contributed by atoms with Gasteiger partial charge in [0.05, 0.1) is 0 Å². The lowest BCUT2D eigenvalue weighted by Gasteiger charge is -2.32. The summed E-state index contributed by atoms with van der Waals surface area (Å²) in [5.74, 6) is 0.738. The molecule has 6 nitrogen and oxygen atoms in total. The smallest absolute Gasteiger partial charge is 0.251 e. The molecule has 1 aliphatic rings. The van der Waals surface area contributed by atoms with Crippen LogP contribution in [0.2, 0.25) is 0 Å². The van der Waals surface area contributed by atoms with Crippen molar-refractivity contribution in [1.82, 2.24) is 15.2 Å². The Morgan fingerprint density at radius 1 is 1.11 bits per heavy atom. The van der Waals surface area contributed by atoms with Crippen LogP contribution in [0.3, 0.4) is 0 Å². The number of hydrogen-bond donors (Lipinski definition) is 1. The zero-order chi connectivity index (χ0) is 19.1. The van der Waals surface area contributed by atoms with Crippen molar-refractivity contribution in [3.8, 4) is 5.75 Å². The number of aryl methyl sites for hydroxylation is 1. The van der Waals surface area contributed by atoms with E-state index in [0.717, 1.165) is 24.2 Å². The van der Waals surface area contributed by atoms with Crippen molar-refractivity contribution >= 4 is 11.8 Å². The second-order valence-electron chi connectivity index (χ2n) is 6.75. The average molecular weight is 367 g/mol. The second kappa shape index (κ2) is 9.16. The fourth-order valence-electron chi connectivity index (χ4n) is 3.08. The Balaban J connectivity index is 1.37. The number of benzene rings is 1. The molecule has 0 radical (unpaired) electrons. The molecule has 0 bridgehead atoms. The predicted molar refractivity (Wildman–Crippen MR) is 103 cm³/mol. The lowest BCUT2D eigenvalue weighted by molar-refractivity contribution is -0.132. The van der Waals surface area contributed by atoms with E-state index in [9.17, 15) is 9.59 Å². The van der Waals surface area contributed by atoms with Crippen molar-refractivity contribution < 1.29 is 14.3 Å². The first kappa shape index (κ1) is 18.9. The number of amides is 2. The number of aromatic nitrogens is 1. The van der Waals surface area contributed by atoms with Crippen LogP contribution in [0.15, 0.2) is 48.8 Å². The van der Waals surface area contributed by atoms with Gasteiger partial charge < -0.3 is 15.0 Å². The van der Waals surface area contributed by atoms with Gasteiger partial charge in [-0.2, -0.15) is 0 Å². The third-order valence-electron chi connectivity index (χ3n) is 4.69. The van der Waals surface area contributed by atoms with Gasteiger partial charge in [-0.05, 0) is 31.2 Å². The summed E-state index contributed by atoms with van der Waals surface area (Å²) >= 11 is 0. The lowest BCUT2D eigenvalue weighted by Crippen LogP contribution is -2.42. The van der Waals surface area contributed by atoms with E-state index < -0.39 is 0 Å². The van der Waals surface area contributed by atoms with Crippen LogP contribution in [-0.4, -0.2) is 47.4 Å². The first-order valence-corrected chi connectivity index (χ1v) is 9.31. The van der Waals surface area contributed by atoms with E-state index >= 15 is 0 Å². The van der Waals surface area contributed by atoms with Gasteiger partial charge in [-0.3, -0.25) is 14.6 Å². The topological polar surface area (TPSA) is 71.5 Å². The summed E-state index contributed by atoms with van der Waals surface area (Å²) in [4.78, 5) is 30.3. The van der Waals surface area contributed by atoms with Crippen LogP contribution in [0.4, 0.5) is 0 Å². The molecule has 142 valence electrons. The zero-order valence-corrected chi connectivity index (χ0v) is 15.6. The highest BCUT2D eigenvalue weighted by Crippen LogP contribution is 2.18. The van der Waals surface area contributed by atoms with Crippen LogP contribution in [0, 0.1) is 6.92 Å². The Kier molecular flexibility index (Phi) is 6.41. The quantitative estimate of drug-likeness (QED) is 0.852. The highest BCUT2D eigenvalue weighted by atomic mass is 16.5. The highest BCUT2D eigenvalue weighted by Gasteiger charge is 2.23. The molecule has 0 spiro atoms. The number of carbonyl (C=O) groups is 2. The van der Waals surface area contributed by atoms with E-state index in [1.807, 2.05) is 36.1 Å². The molecule has 6 heteroatoms. The molecule has 0 unspecified atom stereocenters. The summed E-state index contributed by atoms with van der Waals surface area (Å²) in [6, 6.07) is 11.1. The number of pyridine rings is 1. The van der Waals surface area contributed by atoms with E-state index in [2.05, 4.69) is 10.3 Å². The minimum Gasteiger partial charge on any atom is -0.490 e. The minimum atomic E-state index is -0.146. The molecule has 1 fully saturated rings. The van der Waals surface area contributed by atoms with Crippen molar-refractivity contribution in [2.75, 3.05) is 19.6 Å². The van der Waals surface area contributed by atoms with Gasteiger partial charge in [0.15, 0.2) is 0 Å². The summed E-state index contributed by atoms with van der Waals surface area (Å²) in [6.45, 7) is 3.69. The molecule has 1 saturated heterocycles. The van der Waals surface area contributed by atoms with E-state index in [1.165, 1.54) is 0 Å². The van der Waals surface area contributed by atoms with E-state index in [1.54, 1.807) is 24.5 Å². The summed E-state index contributed by atoms with van der Waals surface area (Å²) in [5, 5.41) is 2.81. The third kappa shape index (κ3) is 5.54. The van der Waals surface area contributed by atoms with Crippen molar-refractivity contribution in [3.63, 3.8) is 0 Å². The highest BCUT2D eigenvalue weighted by molar-refractivity contribution is 5.94. The Bertz CT molecular complexity index is 754. The first-order valence-electron chi connectivity index (χ1n) is 9.31. The number of hydrogen-bond acceptors (Lipinski definition) is 4. The molecule has 2 heterocycles. The zero-order valence-electron chi connectivity index (χ0n) is 15.6. The summed E-state index contributed by atoms with van der Waals surface area (Å²) < 4.78 is 5.92. The van der Waals surface area contributed by atoms with Gasteiger partial charge in [0.1, 0.15) is 11.9 Å². The monoisotopic (exact) mass is 367 g/mol. The van der Waals surface area contributed by atoms with Crippen LogP contribution in [0.5, 0.6) is 5.75 Å². The minimum absolute atomic E-state index is 0.0709. The number of nitrogens with zero attached hydrogens (tertiary/aromatic N) is 2. The molecule has 1 aromatic heterocycles. The molecule has 0 aliphatic carbocycles. The van der Waals surface area contributed by atoms with Gasteiger partial charge in [-0.15, -0.1) is 0 Å². The van der Waals surface area contributed by atoms with Gasteiger partial charge in [-0.1, -0.05) is 17.7 Å². The summed E-state index contributed by atoms with van der Waals surface area (Å²) in [5.41, 5.74) is 1.72. The molecule has 0 saturated carbocycles. The Morgan fingerprint density at radius 2 is 1.78 bits per heavy atom. The van der Waals surface area contributed by atoms with Gasteiger partial charge in [0.25, 0.3) is 5.91 Å². The number of rotatable bonds is 6. The van der Waals surface area contributed by atoms with Crippen LogP contribution in [-0.2, 0) is 4.79 Å². The average Bonchev–Trinajstić information content (AvgIpc) is 2.69. The van der Waals surface area contributed by atoms with Gasteiger partial charge in [-0.25, -0.2) is 0 Å². The number of piperidine rings is 1. The molecule has 0 atom stereocenters. The molecule has 2 aromatic rings. The lowest BCUT2D eigenvalue weighted by atomic mass is 10.1. The van der Waals surface area contributed by atoms with Gasteiger partial charge in [0, 0.05) is 56.9 Å². The number of likely N-dealkylation sites (tertiary alicyclic amines) is 1. The third-order valence-corrected chi connectivity index (χ3v) is 4.69. The molecule has 3 rings (SSSR count). The number of ether oxygens (including phenoxy) is 1. The standard InChI is InChI=1S/C21H25N3O3/c1-16-2-4-17(5-3-16)21(26)23-13-8-20(25)24-14-9-19(10-15-24)27-18-6-11-22-12-7-18/h2-7,11-12,19H,8-10,13-15H2,1H3,(H,23,26).